The van der Waals surface area contributed by atoms with Crippen molar-refractivity contribution in [3.63, 3.8) is 0 Å². The first-order valence-electron chi connectivity index (χ1n) is 12.1. The summed E-state index contributed by atoms with van der Waals surface area (Å²) in [5.74, 6) is 0.674. The summed E-state index contributed by atoms with van der Waals surface area (Å²) < 4.78 is 0. The Morgan fingerprint density at radius 2 is 1.76 bits per heavy atom. The summed E-state index contributed by atoms with van der Waals surface area (Å²) >= 11 is 1.70. The number of imidazole rings is 1. The Morgan fingerprint density at radius 3 is 2.63 bits per heavy atom. The van der Waals surface area contributed by atoms with Crippen molar-refractivity contribution in [3.05, 3.63) is 109 Å². The molecule has 5 aromatic heterocycles. The molecule has 0 atom stereocenters. The fourth-order valence-corrected chi connectivity index (χ4v) is 5.29. The quantitative estimate of drug-likeness (QED) is 0.217. The molecule has 0 aliphatic carbocycles. The van der Waals surface area contributed by atoms with E-state index in [0.717, 1.165) is 55.8 Å². The standard InChI is InChI=1S/C30H21N7S/c1-18(19-7-3-2-4-8-19)32-21-15-20(16-31-17-21)23-12-13-25-28(33-23)29(37-36-25)30-34-24-10-5-9-22(27(24)35-30)26-11-6-14-38-26/h2-17,32H,1H2,(H,34,35)(H,36,37). The minimum Gasteiger partial charge on any atom is -0.354 e. The SMILES string of the molecule is C=C(Nc1cncc(-c2ccc3[nH]nc(-c4nc5c(-c6cccs6)cccc5[nH]4)c3n2)c1)c1ccccc1. The van der Waals surface area contributed by atoms with Gasteiger partial charge in [0.15, 0.2) is 11.5 Å². The van der Waals surface area contributed by atoms with Gasteiger partial charge in [-0.1, -0.05) is 55.1 Å². The number of nitrogens with one attached hydrogen (secondary N) is 3. The summed E-state index contributed by atoms with van der Waals surface area (Å²) in [5, 5.41) is 13.1. The molecule has 7 nitrogen and oxygen atoms in total. The number of fused-ring (bicyclic) bond motifs is 2. The Hall–Kier alpha value is -5.08. The highest BCUT2D eigenvalue weighted by molar-refractivity contribution is 7.13. The maximum absolute atomic E-state index is 4.96. The van der Waals surface area contributed by atoms with Crippen LogP contribution in [0.3, 0.4) is 0 Å². The third kappa shape index (κ3) is 3.93. The first kappa shape index (κ1) is 22.1. The van der Waals surface area contributed by atoms with E-state index in [0.29, 0.717) is 11.5 Å². The Kier molecular flexibility index (Phi) is 5.30. The zero-order chi connectivity index (χ0) is 25.5. The molecule has 182 valence electrons. The lowest BCUT2D eigenvalue weighted by atomic mass is 10.1. The number of hydrogen-bond acceptors (Lipinski definition) is 6. The van der Waals surface area contributed by atoms with Crippen molar-refractivity contribution in [2.24, 2.45) is 0 Å². The first-order valence-corrected chi connectivity index (χ1v) is 13.0. The molecule has 0 saturated heterocycles. The topological polar surface area (TPSA) is 95.2 Å². The molecule has 0 unspecified atom stereocenters. The molecular weight excluding hydrogens is 490 g/mol. The van der Waals surface area contributed by atoms with Gasteiger partial charge in [0.1, 0.15) is 5.52 Å². The Bertz CT molecular complexity index is 1920. The van der Waals surface area contributed by atoms with Crippen molar-refractivity contribution < 1.29 is 0 Å². The normalized spacial score (nSPS) is 11.3. The van der Waals surface area contributed by atoms with Crippen molar-refractivity contribution >= 4 is 44.8 Å². The van der Waals surface area contributed by atoms with Crippen LogP contribution >= 0.6 is 11.3 Å². The highest BCUT2D eigenvalue weighted by Crippen LogP contribution is 2.33. The molecule has 0 fully saturated rings. The Morgan fingerprint density at radius 1 is 0.842 bits per heavy atom. The predicted octanol–water partition coefficient (Wildman–Crippen LogP) is 7.37. The zero-order valence-electron chi connectivity index (χ0n) is 20.1. The fraction of sp³-hybridized carbons (Fsp3) is 0. The maximum Gasteiger partial charge on any atom is 0.161 e. The van der Waals surface area contributed by atoms with Crippen LogP contribution in [0.15, 0.2) is 103 Å². The van der Waals surface area contributed by atoms with Gasteiger partial charge >= 0.3 is 0 Å². The molecule has 0 bridgehead atoms. The van der Waals surface area contributed by atoms with E-state index in [2.05, 4.69) is 55.6 Å². The lowest BCUT2D eigenvalue weighted by molar-refractivity contribution is 1.10. The van der Waals surface area contributed by atoms with Gasteiger partial charge in [-0.05, 0) is 41.3 Å². The number of hydrogen-bond donors (Lipinski definition) is 3. The van der Waals surface area contributed by atoms with E-state index in [-0.39, 0.29) is 0 Å². The number of pyridine rings is 2. The highest BCUT2D eigenvalue weighted by Gasteiger charge is 2.17. The van der Waals surface area contributed by atoms with E-state index in [1.807, 2.05) is 60.7 Å². The molecular formula is C30H21N7S. The lowest BCUT2D eigenvalue weighted by Crippen LogP contribution is -1.98. The van der Waals surface area contributed by atoms with E-state index in [9.17, 15) is 0 Å². The van der Waals surface area contributed by atoms with Gasteiger partial charge in [0, 0.05) is 27.9 Å². The molecule has 0 spiro atoms. The lowest BCUT2D eigenvalue weighted by Gasteiger charge is -2.10. The summed E-state index contributed by atoms with van der Waals surface area (Å²) in [6.07, 6.45) is 3.58. The number of nitrogens with zero attached hydrogens (tertiary/aromatic N) is 4. The molecule has 2 aromatic carbocycles. The van der Waals surface area contributed by atoms with Crippen LogP contribution in [0.4, 0.5) is 5.69 Å². The predicted molar refractivity (Wildman–Crippen MR) is 155 cm³/mol. The molecule has 7 rings (SSSR count). The minimum atomic E-state index is 0.674. The van der Waals surface area contributed by atoms with Crippen LogP contribution in [-0.2, 0) is 0 Å². The fourth-order valence-electron chi connectivity index (χ4n) is 4.53. The monoisotopic (exact) mass is 511 g/mol. The smallest absolute Gasteiger partial charge is 0.161 e. The van der Waals surface area contributed by atoms with Crippen molar-refractivity contribution in [1.82, 2.24) is 30.1 Å². The molecule has 0 radical (unpaired) electrons. The van der Waals surface area contributed by atoms with Gasteiger partial charge < -0.3 is 10.3 Å². The molecule has 5 heterocycles. The number of benzene rings is 2. The average molecular weight is 512 g/mol. The van der Waals surface area contributed by atoms with Gasteiger partial charge in [0.25, 0.3) is 0 Å². The Balaban J connectivity index is 1.25. The summed E-state index contributed by atoms with van der Waals surface area (Å²) in [7, 11) is 0. The number of anilines is 1. The second kappa shape index (κ2) is 9.10. The number of aromatic nitrogens is 6. The van der Waals surface area contributed by atoms with E-state index < -0.39 is 0 Å². The highest BCUT2D eigenvalue weighted by atomic mass is 32.1. The number of aromatic amines is 2. The molecule has 8 heteroatoms. The van der Waals surface area contributed by atoms with Crippen molar-refractivity contribution in [3.8, 4) is 33.2 Å². The molecule has 3 N–H and O–H groups in total. The number of thiophene rings is 1. The first-order chi connectivity index (χ1) is 18.7. The van der Waals surface area contributed by atoms with Crippen LogP contribution < -0.4 is 5.32 Å². The third-order valence-electron chi connectivity index (χ3n) is 6.38. The van der Waals surface area contributed by atoms with Crippen molar-refractivity contribution in [1.29, 1.82) is 0 Å². The van der Waals surface area contributed by atoms with E-state index in [1.54, 1.807) is 23.7 Å². The van der Waals surface area contributed by atoms with E-state index in [1.165, 1.54) is 4.88 Å². The third-order valence-corrected chi connectivity index (χ3v) is 7.29. The molecule has 0 saturated carbocycles. The van der Waals surface area contributed by atoms with Crippen LogP contribution in [0, 0.1) is 0 Å². The summed E-state index contributed by atoms with van der Waals surface area (Å²) in [6.45, 7) is 4.17. The zero-order valence-corrected chi connectivity index (χ0v) is 21.0. The van der Waals surface area contributed by atoms with Gasteiger partial charge in [-0.3, -0.25) is 10.1 Å². The number of H-pyrrole nitrogens is 2. The van der Waals surface area contributed by atoms with E-state index in [4.69, 9.17) is 9.97 Å². The second-order valence-corrected chi connectivity index (χ2v) is 9.81. The largest absolute Gasteiger partial charge is 0.354 e. The van der Waals surface area contributed by atoms with Crippen molar-refractivity contribution in [2.45, 2.75) is 0 Å². The summed E-state index contributed by atoms with van der Waals surface area (Å²) in [5.41, 5.74) is 9.56. The molecule has 38 heavy (non-hydrogen) atoms. The van der Waals surface area contributed by atoms with Gasteiger partial charge in [-0.25, -0.2) is 9.97 Å². The van der Waals surface area contributed by atoms with Crippen LogP contribution in [-0.4, -0.2) is 30.1 Å². The minimum absolute atomic E-state index is 0.674. The van der Waals surface area contributed by atoms with Crippen LogP contribution in [0.5, 0.6) is 0 Å². The average Bonchev–Trinajstić information content (AvgIpc) is 3.73. The van der Waals surface area contributed by atoms with Gasteiger partial charge in [-0.15, -0.1) is 11.3 Å². The van der Waals surface area contributed by atoms with Crippen LogP contribution in [0.2, 0.25) is 0 Å². The second-order valence-electron chi connectivity index (χ2n) is 8.86. The molecule has 0 aliphatic heterocycles. The van der Waals surface area contributed by atoms with Gasteiger partial charge in [0.05, 0.1) is 34.1 Å². The summed E-state index contributed by atoms with van der Waals surface area (Å²) in [6, 6.07) is 26.3. The Labute approximate surface area is 222 Å². The maximum atomic E-state index is 4.96. The summed E-state index contributed by atoms with van der Waals surface area (Å²) in [4.78, 5) is 18.9. The molecule has 0 amide bonds. The number of rotatable bonds is 6. The van der Waals surface area contributed by atoms with Gasteiger partial charge in [-0.2, -0.15) is 5.10 Å². The van der Waals surface area contributed by atoms with Crippen LogP contribution in [0.1, 0.15) is 5.56 Å². The number of para-hydroxylation sites is 1. The van der Waals surface area contributed by atoms with Gasteiger partial charge in [0.2, 0.25) is 0 Å². The molecule has 0 aliphatic rings. The van der Waals surface area contributed by atoms with Crippen molar-refractivity contribution in [2.75, 3.05) is 5.32 Å². The van der Waals surface area contributed by atoms with E-state index >= 15 is 0 Å². The molecule has 7 aromatic rings. The van der Waals surface area contributed by atoms with Crippen LogP contribution in [0.25, 0.3) is 61.0 Å².